The third-order valence-corrected chi connectivity index (χ3v) is 4.13. The van der Waals surface area contributed by atoms with Crippen LogP contribution in [-0.2, 0) is 13.0 Å². The lowest BCUT2D eigenvalue weighted by atomic mass is 10.3. The highest BCUT2D eigenvalue weighted by Crippen LogP contribution is 2.28. The molecule has 6 nitrogen and oxygen atoms in total. The van der Waals surface area contributed by atoms with Crippen molar-refractivity contribution >= 4 is 34.7 Å². The van der Waals surface area contributed by atoms with Crippen LogP contribution in [0.2, 0.25) is 5.02 Å². The molecule has 2 N–H and O–H groups in total. The van der Waals surface area contributed by atoms with E-state index in [-0.39, 0.29) is 12.1 Å². The largest absolute Gasteiger partial charge is 0.489 e. The Labute approximate surface area is 144 Å². The average Bonchev–Trinajstić information content (AvgIpc) is 2.96. The van der Waals surface area contributed by atoms with Gasteiger partial charge in [-0.25, -0.2) is 4.79 Å². The highest BCUT2D eigenvalue weighted by Gasteiger charge is 2.08. The van der Waals surface area contributed by atoms with Gasteiger partial charge >= 0.3 is 6.03 Å². The van der Waals surface area contributed by atoms with Crippen LogP contribution in [0, 0.1) is 0 Å². The number of hydrogen-bond acceptors (Lipinski definition) is 5. The van der Waals surface area contributed by atoms with Crippen LogP contribution in [-0.4, -0.2) is 22.3 Å². The van der Waals surface area contributed by atoms with Crippen molar-refractivity contribution in [2.24, 2.45) is 0 Å². The third-order valence-electron chi connectivity index (χ3n) is 2.76. The molecule has 2 aromatic rings. The van der Waals surface area contributed by atoms with Gasteiger partial charge in [0.05, 0.1) is 17.7 Å². The molecule has 0 fully saturated rings. The van der Waals surface area contributed by atoms with Gasteiger partial charge in [-0.1, -0.05) is 29.9 Å². The lowest BCUT2D eigenvalue weighted by molar-refractivity contribution is 0.242. The molecule has 0 saturated heterocycles. The van der Waals surface area contributed by atoms with Gasteiger partial charge in [0.25, 0.3) is 0 Å². The fourth-order valence-corrected chi connectivity index (χ4v) is 2.71. The lowest BCUT2D eigenvalue weighted by Crippen LogP contribution is -2.28. The number of nitrogens with zero attached hydrogens (tertiary/aromatic N) is 2. The molecule has 1 aromatic heterocycles. The second kappa shape index (κ2) is 8.12. The van der Waals surface area contributed by atoms with Crippen LogP contribution in [0.15, 0.2) is 18.2 Å². The van der Waals surface area contributed by atoms with Crippen molar-refractivity contribution in [3.63, 3.8) is 0 Å². The summed E-state index contributed by atoms with van der Waals surface area (Å²) in [6.45, 7) is 6.20. The number of rotatable bonds is 6. The number of nitrogens with one attached hydrogen (secondary N) is 2. The number of carbonyl (C=O) groups is 1. The van der Waals surface area contributed by atoms with E-state index in [1.807, 2.05) is 20.8 Å². The van der Waals surface area contributed by atoms with Gasteiger partial charge in [0.2, 0.25) is 0 Å². The number of carbonyl (C=O) groups excluding carboxylic acids is 1. The maximum absolute atomic E-state index is 11.9. The summed E-state index contributed by atoms with van der Waals surface area (Å²) in [6, 6.07) is 4.80. The van der Waals surface area contributed by atoms with E-state index in [9.17, 15) is 4.79 Å². The topological polar surface area (TPSA) is 76.1 Å². The molecule has 0 spiro atoms. The number of hydrogen-bond donors (Lipinski definition) is 2. The molecule has 0 saturated carbocycles. The van der Waals surface area contributed by atoms with E-state index in [0.29, 0.717) is 23.0 Å². The minimum atomic E-state index is -0.327. The van der Waals surface area contributed by atoms with Crippen LogP contribution >= 0.6 is 22.9 Å². The van der Waals surface area contributed by atoms with Crippen LogP contribution in [0.4, 0.5) is 10.5 Å². The average molecular weight is 355 g/mol. The Morgan fingerprint density at radius 3 is 2.70 bits per heavy atom. The molecule has 1 aromatic carbocycles. The number of ether oxygens (including phenoxy) is 1. The minimum Gasteiger partial charge on any atom is -0.489 e. The summed E-state index contributed by atoms with van der Waals surface area (Å²) in [6.07, 6.45) is 0.877. The maximum atomic E-state index is 11.9. The molecule has 8 heteroatoms. The molecule has 0 aliphatic heterocycles. The van der Waals surface area contributed by atoms with Crippen molar-refractivity contribution < 1.29 is 9.53 Å². The van der Waals surface area contributed by atoms with E-state index in [4.69, 9.17) is 16.3 Å². The van der Waals surface area contributed by atoms with Crippen molar-refractivity contribution in [2.45, 2.75) is 39.8 Å². The van der Waals surface area contributed by atoms with Crippen molar-refractivity contribution in [3.8, 4) is 5.75 Å². The number of halogens is 1. The first kappa shape index (κ1) is 17.5. The first-order valence-electron chi connectivity index (χ1n) is 7.30. The quantitative estimate of drug-likeness (QED) is 0.825. The Morgan fingerprint density at radius 2 is 2.09 bits per heavy atom. The van der Waals surface area contributed by atoms with Crippen LogP contribution in [0.3, 0.4) is 0 Å². The van der Waals surface area contributed by atoms with Crippen molar-refractivity contribution in [3.05, 3.63) is 33.2 Å². The summed E-state index contributed by atoms with van der Waals surface area (Å²) in [7, 11) is 0. The zero-order valence-electron chi connectivity index (χ0n) is 13.2. The fourth-order valence-electron chi connectivity index (χ4n) is 1.76. The first-order valence-corrected chi connectivity index (χ1v) is 8.49. The Bertz CT molecular complexity index is 675. The lowest BCUT2D eigenvalue weighted by Gasteiger charge is -2.12. The molecule has 23 heavy (non-hydrogen) atoms. The van der Waals surface area contributed by atoms with Crippen molar-refractivity contribution in [2.75, 3.05) is 5.32 Å². The SMILES string of the molecule is CCc1nnc(CNC(=O)Nc2ccc(OC(C)C)c(Cl)c2)s1. The van der Waals surface area contributed by atoms with Gasteiger partial charge in [0, 0.05) is 5.69 Å². The van der Waals surface area contributed by atoms with Crippen molar-refractivity contribution in [1.82, 2.24) is 15.5 Å². The fraction of sp³-hybridized carbons (Fsp3) is 0.400. The second-order valence-electron chi connectivity index (χ2n) is 5.06. The van der Waals surface area contributed by atoms with Crippen LogP contribution in [0.1, 0.15) is 30.8 Å². The van der Waals surface area contributed by atoms with Crippen molar-refractivity contribution in [1.29, 1.82) is 0 Å². The standard InChI is InChI=1S/C15H19ClN4O2S/c1-4-13-19-20-14(23-13)8-17-15(21)18-10-5-6-12(11(16)7-10)22-9(2)3/h5-7,9H,4,8H2,1-3H3,(H2,17,18,21). The Kier molecular flexibility index (Phi) is 6.18. The van der Waals surface area contributed by atoms with Gasteiger partial charge in [-0.3, -0.25) is 0 Å². The highest BCUT2D eigenvalue weighted by molar-refractivity contribution is 7.11. The predicted octanol–water partition coefficient (Wildman–Crippen LogP) is 3.86. The summed E-state index contributed by atoms with van der Waals surface area (Å²) in [4.78, 5) is 11.9. The van der Waals surface area contributed by atoms with Crippen LogP contribution in [0.25, 0.3) is 0 Å². The number of amides is 2. The van der Waals surface area contributed by atoms with E-state index in [2.05, 4.69) is 20.8 Å². The molecule has 0 bridgehead atoms. The van der Waals surface area contributed by atoms with E-state index in [1.165, 1.54) is 11.3 Å². The molecule has 0 aliphatic rings. The van der Waals surface area contributed by atoms with Gasteiger partial charge in [-0.15, -0.1) is 10.2 Å². The summed E-state index contributed by atoms with van der Waals surface area (Å²) < 4.78 is 5.55. The van der Waals surface area contributed by atoms with Gasteiger partial charge in [-0.2, -0.15) is 0 Å². The first-order chi connectivity index (χ1) is 11.0. The number of aromatic nitrogens is 2. The summed E-state index contributed by atoms with van der Waals surface area (Å²) in [5, 5.41) is 15.6. The monoisotopic (exact) mass is 354 g/mol. The molecule has 0 aliphatic carbocycles. The molecule has 0 radical (unpaired) electrons. The highest BCUT2D eigenvalue weighted by atomic mass is 35.5. The number of benzene rings is 1. The number of urea groups is 1. The van der Waals surface area contributed by atoms with Gasteiger partial charge in [0.1, 0.15) is 15.8 Å². The zero-order valence-corrected chi connectivity index (χ0v) is 14.8. The number of aryl methyl sites for hydroxylation is 1. The molecule has 1 heterocycles. The van der Waals surface area contributed by atoms with Gasteiger partial charge in [-0.05, 0) is 38.5 Å². The van der Waals surface area contributed by atoms with Crippen LogP contribution < -0.4 is 15.4 Å². The summed E-state index contributed by atoms with van der Waals surface area (Å²) >= 11 is 7.62. The van der Waals surface area contributed by atoms with E-state index in [1.54, 1.807) is 18.2 Å². The van der Waals surface area contributed by atoms with E-state index < -0.39 is 0 Å². The number of anilines is 1. The molecular weight excluding hydrogens is 336 g/mol. The Hall–Kier alpha value is -1.86. The second-order valence-corrected chi connectivity index (χ2v) is 6.62. The third kappa shape index (κ3) is 5.37. The predicted molar refractivity (Wildman–Crippen MR) is 92.4 cm³/mol. The van der Waals surface area contributed by atoms with E-state index in [0.717, 1.165) is 16.4 Å². The summed E-state index contributed by atoms with van der Waals surface area (Å²) in [5.74, 6) is 0.591. The molecule has 124 valence electrons. The normalized spacial score (nSPS) is 10.7. The summed E-state index contributed by atoms with van der Waals surface area (Å²) in [5.41, 5.74) is 0.593. The molecule has 0 unspecified atom stereocenters. The Balaban J connectivity index is 1.88. The molecule has 2 rings (SSSR count). The maximum Gasteiger partial charge on any atom is 0.319 e. The molecular formula is C15H19ClN4O2S. The molecule has 0 atom stereocenters. The Morgan fingerprint density at radius 1 is 1.35 bits per heavy atom. The van der Waals surface area contributed by atoms with E-state index >= 15 is 0 Å². The smallest absolute Gasteiger partial charge is 0.319 e. The zero-order chi connectivity index (χ0) is 16.8. The van der Waals surface area contributed by atoms with Gasteiger partial charge < -0.3 is 15.4 Å². The van der Waals surface area contributed by atoms with Gasteiger partial charge in [0.15, 0.2) is 0 Å². The van der Waals surface area contributed by atoms with Crippen LogP contribution in [0.5, 0.6) is 5.75 Å². The molecule has 2 amide bonds. The minimum absolute atomic E-state index is 0.0366.